The number of carbonyl (C=O) groups excluding carboxylic acids is 1. The summed E-state index contributed by atoms with van der Waals surface area (Å²) < 4.78 is 0. The molecule has 3 unspecified atom stereocenters. The van der Waals surface area contributed by atoms with E-state index >= 15 is 0 Å². The SMILES string of the molecule is O=C(C1NCCc2ccccc21)N1C2CCC1CC(O)C2. The molecule has 3 heterocycles. The summed E-state index contributed by atoms with van der Waals surface area (Å²) in [6.07, 6.45) is 4.35. The Morgan fingerprint density at radius 3 is 2.67 bits per heavy atom. The van der Waals surface area contributed by atoms with Crippen molar-refractivity contribution in [2.75, 3.05) is 6.54 Å². The van der Waals surface area contributed by atoms with Crippen molar-refractivity contribution >= 4 is 5.91 Å². The Labute approximate surface area is 125 Å². The van der Waals surface area contributed by atoms with E-state index in [2.05, 4.69) is 22.3 Å². The Kier molecular flexibility index (Phi) is 3.23. The molecule has 2 saturated heterocycles. The van der Waals surface area contributed by atoms with Gasteiger partial charge in [0.15, 0.2) is 0 Å². The standard InChI is InChI=1S/C17H22N2O2/c20-14-9-12-5-6-13(10-14)19(12)17(21)16-15-4-2-1-3-11(15)7-8-18-16/h1-4,12-14,16,18,20H,5-10H2. The van der Waals surface area contributed by atoms with Gasteiger partial charge < -0.3 is 15.3 Å². The molecule has 0 aliphatic carbocycles. The summed E-state index contributed by atoms with van der Waals surface area (Å²) in [7, 11) is 0. The fraction of sp³-hybridized carbons (Fsp3) is 0.588. The minimum atomic E-state index is -0.224. The normalized spacial score (nSPS) is 34.6. The van der Waals surface area contributed by atoms with Gasteiger partial charge in [-0.3, -0.25) is 4.79 Å². The van der Waals surface area contributed by atoms with Crippen molar-refractivity contribution in [1.82, 2.24) is 10.2 Å². The zero-order valence-corrected chi connectivity index (χ0v) is 12.2. The van der Waals surface area contributed by atoms with E-state index in [1.165, 1.54) is 5.56 Å². The van der Waals surface area contributed by atoms with Crippen molar-refractivity contribution in [3.05, 3.63) is 35.4 Å². The second-order valence-electron chi connectivity index (χ2n) is 6.59. The van der Waals surface area contributed by atoms with Gasteiger partial charge in [-0.05, 0) is 43.2 Å². The molecule has 0 spiro atoms. The Balaban J connectivity index is 1.62. The summed E-state index contributed by atoms with van der Waals surface area (Å²) in [6, 6.07) is 8.54. The molecule has 2 N–H and O–H groups in total. The lowest BCUT2D eigenvalue weighted by Gasteiger charge is -2.40. The van der Waals surface area contributed by atoms with Crippen LogP contribution in [0.1, 0.15) is 42.9 Å². The van der Waals surface area contributed by atoms with Crippen molar-refractivity contribution in [1.29, 1.82) is 0 Å². The van der Waals surface area contributed by atoms with Crippen LogP contribution >= 0.6 is 0 Å². The van der Waals surface area contributed by atoms with E-state index in [-0.39, 0.29) is 30.1 Å². The predicted octanol–water partition coefficient (Wildman–Crippen LogP) is 1.39. The molecule has 4 heteroatoms. The van der Waals surface area contributed by atoms with Gasteiger partial charge in [-0.15, -0.1) is 0 Å². The fourth-order valence-electron chi connectivity index (χ4n) is 4.38. The molecule has 4 nitrogen and oxygen atoms in total. The molecule has 2 fully saturated rings. The summed E-state index contributed by atoms with van der Waals surface area (Å²) in [5.41, 5.74) is 2.43. The van der Waals surface area contributed by atoms with E-state index in [4.69, 9.17) is 0 Å². The van der Waals surface area contributed by atoms with E-state index in [9.17, 15) is 9.90 Å². The van der Waals surface area contributed by atoms with Gasteiger partial charge in [-0.2, -0.15) is 0 Å². The van der Waals surface area contributed by atoms with Gasteiger partial charge in [0.1, 0.15) is 6.04 Å². The zero-order valence-electron chi connectivity index (χ0n) is 12.2. The van der Waals surface area contributed by atoms with Crippen LogP contribution in [-0.4, -0.2) is 40.6 Å². The largest absolute Gasteiger partial charge is 0.393 e. The van der Waals surface area contributed by atoms with Gasteiger partial charge >= 0.3 is 0 Å². The van der Waals surface area contributed by atoms with Gasteiger partial charge in [0, 0.05) is 18.6 Å². The molecule has 0 saturated carbocycles. The molecule has 0 aromatic heterocycles. The topological polar surface area (TPSA) is 52.6 Å². The lowest BCUT2D eigenvalue weighted by Crippen LogP contribution is -2.52. The minimum absolute atomic E-state index is 0.201. The summed E-state index contributed by atoms with van der Waals surface area (Å²) in [6.45, 7) is 0.860. The second-order valence-corrected chi connectivity index (χ2v) is 6.59. The van der Waals surface area contributed by atoms with Crippen LogP contribution < -0.4 is 5.32 Å². The van der Waals surface area contributed by atoms with E-state index in [1.807, 2.05) is 12.1 Å². The number of rotatable bonds is 1. The van der Waals surface area contributed by atoms with Crippen molar-refractivity contribution in [3.8, 4) is 0 Å². The van der Waals surface area contributed by atoms with Crippen LogP contribution in [0.5, 0.6) is 0 Å². The number of amides is 1. The quantitative estimate of drug-likeness (QED) is 0.820. The summed E-state index contributed by atoms with van der Waals surface area (Å²) in [4.78, 5) is 15.1. The summed E-state index contributed by atoms with van der Waals surface area (Å²) in [5.74, 6) is 0.210. The molecule has 112 valence electrons. The maximum Gasteiger partial charge on any atom is 0.244 e. The van der Waals surface area contributed by atoms with Crippen LogP contribution in [0.15, 0.2) is 24.3 Å². The average Bonchev–Trinajstić information content (AvgIpc) is 2.78. The Morgan fingerprint density at radius 2 is 1.90 bits per heavy atom. The third-order valence-corrected chi connectivity index (χ3v) is 5.32. The number of piperidine rings is 1. The van der Waals surface area contributed by atoms with E-state index < -0.39 is 0 Å². The van der Waals surface area contributed by atoms with Gasteiger partial charge in [0.25, 0.3) is 0 Å². The maximum atomic E-state index is 13.1. The lowest BCUT2D eigenvalue weighted by atomic mass is 9.91. The van der Waals surface area contributed by atoms with Gasteiger partial charge in [-0.1, -0.05) is 24.3 Å². The number of aliphatic hydroxyl groups is 1. The monoisotopic (exact) mass is 286 g/mol. The number of carbonyl (C=O) groups is 1. The zero-order chi connectivity index (χ0) is 14.4. The van der Waals surface area contributed by atoms with Crippen LogP contribution in [0.4, 0.5) is 0 Å². The Hall–Kier alpha value is -1.39. The molecule has 4 rings (SSSR count). The molecule has 1 aromatic carbocycles. The van der Waals surface area contributed by atoms with Gasteiger partial charge in [0.2, 0.25) is 5.91 Å². The summed E-state index contributed by atoms with van der Waals surface area (Å²) in [5, 5.41) is 13.3. The van der Waals surface area contributed by atoms with E-state index in [0.717, 1.165) is 44.2 Å². The van der Waals surface area contributed by atoms with Crippen LogP contribution in [-0.2, 0) is 11.2 Å². The highest BCUT2D eigenvalue weighted by Gasteiger charge is 2.45. The molecule has 1 aromatic rings. The maximum absolute atomic E-state index is 13.1. The van der Waals surface area contributed by atoms with Crippen LogP contribution in [0.2, 0.25) is 0 Å². The number of hydrogen-bond donors (Lipinski definition) is 2. The van der Waals surface area contributed by atoms with Gasteiger partial charge in [0.05, 0.1) is 6.10 Å². The molecule has 3 aliphatic heterocycles. The van der Waals surface area contributed by atoms with E-state index in [1.54, 1.807) is 0 Å². The molecule has 3 aliphatic rings. The molecule has 21 heavy (non-hydrogen) atoms. The van der Waals surface area contributed by atoms with Crippen LogP contribution in [0.25, 0.3) is 0 Å². The van der Waals surface area contributed by atoms with Crippen molar-refractivity contribution in [2.45, 2.75) is 56.3 Å². The minimum Gasteiger partial charge on any atom is -0.393 e. The highest BCUT2D eigenvalue weighted by atomic mass is 16.3. The van der Waals surface area contributed by atoms with Crippen LogP contribution in [0.3, 0.4) is 0 Å². The Bertz CT molecular complexity index is 545. The lowest BCUT2D eigenvalue weighted by molar-refractivity contribution is -0.140. The van der Waals surface area contributed by atoms with E-state index in [0.29, 0.717) is 0 Å². The van der Waals surface area contributed by atoms with Crippen molar-refractivity contribution < 1.29 is 9.90 Å². The third-order valence-electron chi connectivity index (χ3n) is 5.32. The van der Waals surface area contributed by atoms with Crippen molar-refractivity contribution in [2.24, 2.45) is 0 Å². The number of aliphatic hydroxyl groups excluding tert-OH is 1. The number of nitrogens with zero attached hydrogens (tertiary/aromatic N) is 1. The number of benzene rings is 1. The average molecular weight is 286 g/mol. The second kappa shape index (κ2) is 5.11. The third kappa shape index (κ3) is 2.17. The molecule has 0 radical (unpaired) electrons. The molecule has 2 bridgehead atoms. The highest BCUT2D eigenvalue weighted by molar-refractivity contribution is 5.85. The highest BCUT2D eigenvalue weighted by Crippen LogP contribution is 2.38. The smallest absolute Gasteiger partial charge is 0.244 e. The fourth-order valence-corrected chi connectivity index (χ4v) is 4.38. The first-order valence-corrected chi connectivity index (χ1v) is 8.05. The number of fused-ring (bicyclic) bond motifs is 3. The number of hydrogen-bond acceptors (Lipinski definition) is 3. The molecule has 1 amide bonds. The molecule has 3 atom stereocenters. The first kappa shape index (κ1) is 13.3. The number of nitrogens with one attached hydrogen (secondary N) is 1. The first-order valence-electron chi connectivity index (χ1n) is 8.05. The predicted molar refractivity (Wildman–Crippen MR) is 79.8 cm³/mol. The molecular weight excluding hydrogens is 264 g/mol. The van der Waals surface area contributed by atoms with Crippen molar-refractivity contribution in [3.63, 3.8) is 0 Å². The van der Waals surface area contributed by atoms with Gasteiger partial charge in [-0.25, -0.2) is 0 Å². The van der Waals surface area contributed by atoms with Crippen LogP contribution in [0, 0.1) is 0 Å². The summed E-state index contributed by atoms with van der Waals surface area (Å²) >= 11 is 0. The first-order chi connectivity index (χ1) is 10.2. The molecular formula is C17H22N2O2. The Morgan fingerprint density at radius 1 is 1.19 bits per heavy atom.